The lowest BCUT2D eigenvalue weighted by Crippen LogP contribution is -2.25. The summed E-state index contributed by atoms with van der Waals surface area (Å²) in [5.74, 6) is -0.0184. The van der Waals surface area contributed by atoms with E-state index in [1.807, 2.05) is 53.7 Å². The van der Waals surface area contributed by atoms with Crippen LogP contribution < -0.4 is 5.32 Å². The second-order valence-corrected chi connectivity index (χ2v) is 5.93. The Bertz CT molecular complexity index is 844. The number of nitrogens with zero attached hydrogens (tertiary/aromatic N) is 3. The number of para-hydroxylation sites is 1. The molecule has 0 unspecified atom stereocenters. The molecule has 0 spiro atoms. The van der Waals surface area contributed by atoms with E-state index in [0.29, 0.717) is 6.54 Å². The number of amides is 1. The van der Waals surface area contributed by atoms with Gasteiger partial charge in [0.2, 0.25) is 0 Å². The molecule has 5 nitrogen and oxygen atoms in total. The van der Waals surface area contributed by atoms with E-state index in [1.54, 1.807) is 0 Å². The van der Waals surface area contributed by atoms with Crippen molar-refractivity contribution in [2.45, 2.75) is 26.8 Å². The number of nitrogens with one attached hydrogen (secondary N) is 1. The molecule has 1 amide bonds. The average molecular weight is 310 g/mol. The Morgan fingerprint density at radius 3 is 2.78 bits per heavy atom. The van der Waals surface area contributed by atoms with Crippen molar-refractivity contribution in [3.8, 4) is 0 Å². The molecule has 23 heavy (non-hydrogen) atoms. The molecule has 2 aromatic heterocycles. The average Bonchev–Trinajstić information content (AvgIpc) is 3.04. The number of benzene rings is 1. The van der Waals surface area contributed by atoms with Crippen molar-refractivity contribution < 1.29 is 4.79 Å². The van der Waals surface area contributed by atoms with Gasteiger partial charge in [0.25, 0.3) is 5.91 Å². The maximum atomic E-state index is 12.4. The molecule has 0 bridgehead atoms. The van der Waals surface area contributed by atoms with Crippen molar-refractivity contribution >= 4 is 16.8 Å². The number of fused-ring (bicyclic) bond motifs is 1. The lowest BCUT2D eigenvalue weighted by molar-refractivity contribution is 0.0954. The van der Waals surface area contributed by atoms with E-state index in [2.05, 4.69) is 23.4 Å². The van der Waals surface area contributed by atoms with Crippen molar-refractivity contribution in [2.24, 2.45) is 7.05 Å². The van der Waals surface area contributed by atoms with E-state index >= 15 is 0 Å². The molecule has 0 atom stereocenters. The van der Waals surface area contributed by atoms with Crippen LogP contribution in [0, 0.1) is 13.8 Å². The molecule has 0 radical (unpaired) electrons. The van der Waals surface area contributed by atoms with Crippen LogP contribution in [0.1, 0.15) is 28.2 Å². The summed E-state index contributed by atoms with van der Waals surface area (Å²) in [5.41, 5.74) is 3.99. The van der Waals surface area contributed by atoms with Gasteiger partial charge in [-0.05, 0) is 32.4 Å². The monoisotopic (exact) mass is 310 g/mol. The molecule has 0 saturated heterocycles. The maximum Gasteiger partial charge on any atom is 0.253 e. The molecule has 3 rings (SSSR count). The predicted molar refractivity (Wildman–Crippen MR) is 91.6 cm³/mol. The first-order chi connectivity index (χ1) is 11.1. The van der Waals surface area contributed by atoms with Crippen LogP contribution in [0.3, 0.4) is 0 Å². The van der Waals surface area contributed by atoms with Crippen LogP contribution in [-0.4, -0.2) is 26.8 Å². The number of aromatic nitrogens is 3. The van der Waals surface area contributed by atoms with Gasteiger partial charge < -0.3 is 9.88 Å². The van der Waals surface area contributed by atoms with Crippen LogP contribution in [0.15, 0.2) is 36.5 Å². The van der Waals surface area contributed by atoms with Crippen LogP contribution in [0.25, 0.3) is 10.9 Å². The second-order valence-electron chi connectivity index (χ2n) is 5.93. The van der Waals surface area contributed by atoms with Crippen molar-refractivity contribution in [3.05, 3.63) is 53.5 Å². The second kappa shape index (κ2) is 6.28. The van der Waals surface area contributed by atoms with Gasteiger partial charge in [-0.25, -0.2) is 0 Å². The van der Waals surface area contributed by atoms with Gasteiger partial charge in [-0.3, -0.25) is 9.48 Å². The molecule has 120 valence electrons. The fourth-order valence-electron chi connectivity index (χ4n) is 2.95. The van der Waals surface area contributed by atoms with E-state index < -0.39 is 0 Å². The first-order valence-corrected chi connectivity index (χ1v) is 7.89. The van der Waals surface area contributed by atoms with Crippen molar-refractivity contribution in [1.82, 2.24) is 19.7 Å². The fraction of sp³-hybridized carbons (Fsp3) is 0.333. The lowest BCUT2D eigenvalue weighted by atomic mass is 10.1. The minimum Gasteiger partial charge on any atom is -0.352 e. The molecule has 0 aliphatic carbocycles. The number of aryl methyl sites for hydroxylation is 4. The molecule has 2 heterocycles. The SMILES string of the molecule is Cc1cc(C)n(CCCNC(=O)c2cn(C)c3ccccc23)n1. The maximum absolute atomic E-state index is 12.4. The molecular formula is C18H22N4O. The van der Waals surface area contributed by atoms with Crippen molar-refractivity contribution in [3.63, 3.8) is 0 Å². The standard InChI is InChI=1S/C18H22N4O/c1-13-11-14(2)22(20-13)10-6-9-19-18(23)16-12-21(3)17-8-5-4-7-15(16)17/h4-5,7-8,11-12H,6,9-10H2,1-3H3,(H,19,23). The zero-order chi connectivity index (χ0) is 16.4. The van der Waals surface area contributed by atoms with Gasteiger partial charge in [-0.15, -0.1) is 0 Å². The third-order valence-corrected chi connectivity index (χ3v) is 4.08. The topological polar surface area (TPSA) is 51.9 Å². The summed E-state index contributed by atoms with van der Waals surface area (Å²) < 4.78 is 3.97. The molecule has 0 aliphatic rings. The summed E-state index contributed by atoms with van der Waals surface area (Å²) in [5, 5.41) is 8.43. The first-order valence-electron chi connectivity index (χ1n) is 7.89. The quantitative estimate of drug-likeness (QED) is 0.737. The minimum absolute atomic E-state index is 0.0184. The predicted octanol–water partition coefficient (Wildman–Crippen LogP) is 2.81. The molecule has 3 aromatic rings. The smallest absolute Gasteiger partial charge is 0.253 e. The van der Waals surface area contributed by atoms with E-state index in [9.17, 15) is 4.79 Å². The molecule has 0 fully saturated rings. The third-order valence-electron chi connectivity index (χ3n) is 4.08. The summed E-state index contributed by atoms with van der Waals surface area (Å²) in [4.78, 5) is 12.4. The minimum atomic E-state index is -0.0184. The normalized spacial score (nSPS) is 11.1. The number of rotatable bonds is 5. The fourth-order valence-corrected chi connectivity index (χ4v) is 2.95. The van der Waals surface area contributed by atoms with Crippen molar-refractivity contribution in [2.75, 3.05) is 6.54 Å². The highest BCUT2D eigenvalue weighted by atomic mass is 16.1. The number of hydrogen-bond acceptors (Lipinski definition) is 2. The van der Waals surface area contributed by atoms with Gasteiger partial charge in [-0.2, -0.15) is 5.10 Å². The molecule has 1 aromatic carbocycles. The van der Waals surface area contributed by atoms with Crippen LogP contribution >= 0.6 is 0 Å². The Morgan fingerprint density at radius 2 is 2.04 bits per heavy atom. The van der Waals surface area contributed by atoms with Gasteiger partial charge in [-0.1, -0.05) is 18.2 Å². The summed E-state index contributed by atoms with van der Waals surface area (Å²) >= 11 is 0. The van der Waals surface area contributed by atoms with Crippen molar-refractivity contribution in [1.29, 1.82) is 0 Å². The highest BCUT2D eigenvalue weighted by Crippen LogP contribution is 2.19. The Morgan fingerprint density at radius 1 is 1.26 bits per heavy atom. The highest BCUT2D eigenvalue weighted by molar-refractivity contribution is 6.06. The van der Waals surface area contributed by atoms with E-state index in [1.165, 1.54) is 0 Å². The number of hydrogen-bond donors (Lipinski definition) is 1. The third kappa shape index (κ3) is 3.13. The highest BCUT2D eigenvalue weighted by Gasteiger charge is 2.12. The Hall–Kier alpha value is -2.56. The molecule has 1 N–H and O–H groups in total. The van der Waals surface area contributed by atoms with Crippen LogP contribution in [0.5, 0.6) is 0 Å². The zero-order valence-electron chi connectivity index (χ0n) is 13.8. The van der Waals surface area contributed by atoms with Gasteiger partial charge in [0, 0.05) is 42.9 Å². The largest absolute Gasteiger partial charge is 0.352 e. The Labute approximate surface area is 135 Å². The van der Waals surface area contributed by atoms with E-state index in [0.717, 1.165) is 40.8 Å². The Balaban J connectivity index is 1.60. The molecule has 0 saturated carbocycles. The van der Waals surface area contributed by atoms with Gasteiger partial charge in [0.05, 0.1) is 11.3 Å². The molecular weight excluding hydrogens is 288 g/mol. The van der Waals surface area contributed by atoms with Crippen LogP contribution in [0.4, 0.5) is 0 Å². The van der Waals surface area contributed by atoms with E-state index in [4.69, 9.17) is 0 Å². The van der Waals surface area contributed by atoms with Crippen LogP contribution in [0.2, 0.25) is 0 Å². The van der Waals surface area contributed by atoms with Gasteiger partial charge in [0.15, 0.2) is 0 Å². The first kappa shape index (κ1) is 15.3. The zero-order valence-corrected chi connectivity index (χ0v) is 13.8. The van der Waals surface area contributed by atoms with Crippen LogP contribution in [-0.2, 0) is 13.6 Å². The van der Waals surface area contributed by atoms with Gasteiger partial charge >= 0.3 is 0 Å². The van der Waals surface area contributed by atoms with E-state index in [-0.39, 0.29) is 5.91 Å². The van der Waals surface area contributed by atoms with Gasteiger partial charge in [0.1, 0.15) is 0 Å². The summed E-state index contributed by atoms with van der Waals surface area (Å²) in [7, 11) is 1.96. The molecule has 5 heteroatoms. The summed E-state index contributed by atoms with van der Waals surface area (Å²) in [6.07, 6.45) is 2.75. The lowest BCUT2D eigenvalue weighted by Gasteiger charge is -2.06. The number of carbonyl (C=O) groups excluding carboxylic acids is 1. The number of carbonyl (C=O) groups is 1. The Kier molecular flexibility index (Phi) is 4.19. The summed E-state index contributed by atoms with van der Waals surface area (Å²) in [6.45, 7) is 5.50. The summed E-state index contributed by atoms with van der Waals surface area (Å²) in [6, 6.07) is 10.0. The molecule has 0 aliphatic heterocycles.